The lowest BCUT2D eigenvalue weighted by molar-refractivity contribution is 0.104. The quantitative estimate of drug-likeness (QED) is 0.616. The number of hydrogen-bond donors (Lipinski definition) is 0. The number of rotatable bonds is 0. The first-order valence-corrected chi connectivity index (χ1v) is 5.30. The topological polar surface area (TPSA) is 42.9 Å². The summed E-state index contributed by atoms with van der Waals surface area (Å²) in [6.07, 6.45) is 3.10. The van der Waals surface area contributed by atoms with Gasteiger partial charge in [0.05, 0.1) is 21.2 Å². The molecule has 0 unspecified atom stereocenters. The number of pyridine rings is 2. The zero-order valence-corrected chi connectivity index (χ0v) is 9.38. The first-order valence-electron chi connectivity index (χ1n) is 4.54. The van der Waals surface area contributed by atoms with Crippen LogP contribution >= 0.6 is 23.2 Å². The van der Waals surface area contributed by atoms with Crippen LogP contribution in [0.2, 0.25) is 10.0 Å². The summed E-state index contributed by atoms with van der Waals surface area (Å²) in [6, 6.07) is 3.16. The van der Waals surface area contributed by atoms with E-state index in [-0.39, 0.29) is 5.78 Å². The second-order valence-electron chi connectivity index (χ2n) is 3.36. The fraction of sp³-hybridized carbons (Fsp3) is 0. The minimum atomic E-state index is -0.207. The molecule has 78 valence electrons. The number of nitrogens with zero attached hydrogens (tertiary/aromatic N) is 2. The van der Waals surface area contributed by atoms with E-state index in [1.807, 2.05) is 0 Å². The zero-order valence-electron chi connectivity index (χ0n) is 7.87. The molecular formula is C11H4Cl2N2O. The van der Waals surface area contributed by atoms with Crippen LogP contribution in [0.15, 0.2) is 24.5 Å². The predicted molar refractivity (Wildman–Crippen MR) is 60.9 cm³/mol. The molecule has 0 atom stereocenters. The number of aromatic nitrogens is 2. The molecule has 1 aliphatic carbocycles. The first-order chi connectivity index (χ1) is 7.70. The van der Waals surface area contributed by atoms with Crippen molar-refractivity contribution in [1.29, 1.82) is 0 Å². The second-order valence-corrected chi connectivity index (χ2v) is 4.18. The van der Waals surface area contributed by atoms with Crippen LogP contribution in [0.3, 0.4) is 0 Å². The van der Waals surface area contributed by atoms with Crippen LogP contribution in [0, 0.1) is 0 Å². The highest BCUT2D eigenvalue weighted by molar-refractivity contribution is 6.41. The molecule has 1 aliphatic rings. The molecule has 3 rings (SSSR count). The fourth-order valence-electron chi connectivity index (χ4n) is 1.79. The molecule has 0 aliphatic heterocycles. The summed E-state index contributed by atoms with van der Waals surface area (Å²) >= 11 is 12.0. The smallest absolute Gasteiger partial charge is 0.200 e. The van der Waals surface area contributed by atoms with E-state index in [0.717, 1.165) is 0 Å². The Hall–Kier alpha value is -1.45. The van der Waals surface area contributed by atoms with E-state index in [1.54, 1.807) is 24.5 Å². The molecular weight excluding hydrogens is 247 g/mol. The van der Waals surface area contributed by atoms with Gasteiger partial charge in [-0.2, -0.15) is 0 Å². The van der Waals surface area contributed by atoms with Crippen LogP contribution in [-0.4, -0.2) is 15.8 Å². The summed E-state index contributed by atoms with van der Waals surface area (Å²) in [5, 5.41) is 0.758. The Morgan fingerprint density at radius 3 is 1.75 bits per heavy atom. The summed E-state index contributed by atoms with van der Waals surface area (Å²) in [6.45, 7) is 0. The Kier molecular flexibility index (Phi) is 1.99. The monoisotopic (exact) mass is 250 g/mol. The molecule has 0 bridgehead atoms. The predicted octanol–water partition coefficient (Wildman–Crippen LogP) is 2.99. The van der Waals surface area contributed by atoms with Crippen molar-refractivity contribution in [3.05, 3.63) is 45.7 Å². The third-order valence-electron chi connectivity index (χ3n) is 2.48. The molecule has 0 amide bonds. The number of halogens is 2. The molecule has 0 spiro atoms. The van der Waals surface area contributed by atoms with Gasteiger partial charge in [0, 0.05) is 12.4 Å². The molecule has 0 saturated heterocycles. The summed E-state index contributed by atoms with van der Waals surface area (Å²) < 4.78 is 0. The highest BCUT2D eigenvalue weighted by Crippen LogP contribution is 2.39. The van der Waals surface area contributed by atoms with Crippen LogP contribution in [-0.2, 0) is 0 Å². The minimum Gasteiger partial charge on any atom is -0.288 e. The summed E-state index contributed by atoms with van der Waals surface area (Å²) in [5.74, 6) is -0.207. The Labute approximate surface area is 101 Å². The maximum atomic E-state index is 12.1. The number of ketones is 1. The van der Waals surface area contributed by atoms with E-state index in [9.17, 15) is 4.79 Å². The van der Waals surface area contributed by atoms with Gasteiger partial charge in [0.1, 0.15) is 11.4 Å². The summed E-state index contributed by atoms with van der Waals surface area (Å²) in [7, 11) is 0. The fourth-order valence-corrected chi connectivity index (χ4v) is 2.26. The van der Waals surface area contributed by atoms with Gasteiger partial charge in [0.2, 0.25) is 5.78 Å². The minimum absolute atomic E-state index is 0.207. The highest BCUT2D eigenvalue weighted by Gasteiger charge is 2.33. The number of carbonyl (C=O) groups excluding carboxylic acids is 1. The SMILES string of the molecule is O=C1c2c(Cl)ccnc2-c2nccc(Cl)c21. The van der Waals surface area contributed by atoms with Gasteiger partial charge in [0.15, 0.2) is 0 Å². The van der Waals surface area contributed by atoms with Crippen molar-refractivity contribution in [2.45, 2.75) is 0 Å². The average molecular weight is 251 g/mol. The second kappa shape index (κ2) is 3.27. The third-order valence-corrected chi connectivity index (χ3v) is 3.11. The molecule has 5 heteroatoms. The van der Waals surface area contributed by atoms with Gasteiger partial charge in [0.25, 0.3) is 0 Å². The lowest BCUT2D eigenvalue weighted by Gasteiger charge is -1.97. The van der Waals surface area contributed by atoms with Crippen molar-refractivity contribution in [2.24, 2.45) is 0 Å². The molecule has 0 fully saturated rings. The first kappa shape index (κ1) is 9.75. The van der Waals surface area contributed by atoms with Gasteiger partial charge in [-0.1, -0.05) is 23.2 Å². The Morgan fingerprint density at radius 1 is 0.875 bits per heavy atom. The number of carbonyl (C=O) groups is 1. The highest BCUT2D eigenvalue weighted by atomic mass is 35.5. The zero-order chi connectivity index (χ0) is 11.3. The van der Waals surface area contributed by atoms with Crippen LogP contribution in [0.1, 0.15) is 15.9 Å². The van der Waals surface area contributed by atoms with E-state index < -0.39 is 0 Å². The van der Waals surface area contributed by atoms with Crippen LogP contribution in [0.5, 0.6) is 0 Å². The molecule has 3 nitrogen and oxygen atoms in total. The normalized spacial score (nSPS) is 12.5. The molecule has 0 radical (unpaired) electrons. The van der Waals surface area contributed by atoms with E-state index in [1.165, 1.54) is 0 Å². The third kappa shape index (κ3) is 1.13. The lowest BCUT2D eigenvalue weighted by atomic mass is 10.1. The van der Waals surface area contributed by atoms with Gasteiger partial charge in [-0.05, 0) is 12.1 Å². The van der Waals surface area contributed by atoms with E-state index in [0.29, 0.717) is 32.6 Å². The van der Waals surface area contributed by atoms with Gasteiger partial charge < -0.3 is 0 Å². The molecule has 0 aromatic carbocycles. The average Bonchev–Trinajstić information content (AvgIpc) is 2.56. The van der Waals surface area contributed by atoms with Crippen LogP contribution < -0.4 is 0 Å². The largest absolute Gasteiger partial charge is 0.288 e. The van der Waals surface area contributed by atoms with Crippen molar-refractivity contribution in [1.82, 2.24) is 9.97 Å². The Morgan fingerprint density at radius 2 is 1.31 bits per heavy atom. The lowest BCUT2D eigenvalue weighted by Crippen LogP contribution is -1.97. The Balaban J connectivity index is 2.44. The van der Waals surface area contributed by atoms with E-state index in [2.05, 4.69) is 9.97 Å². The van der Waals surface area contributed by atoms with Crippen molar-refractivity contribution in [3.8, 4) is 11.4 Å². The van der Waals surface area contributed by atoms with Gasteiger partial charge in [-0.25, -0.2) is 0 Å². The maximum Gasteiger partial charge on any atom is 0.200 e. The van der Waals surface area contributed by atoms with Crippen LogP contribution in [0.4, 0.5) is 0 Å². The molecule has 0 saturated carbocycles. The van der Waals surface area contributed by atoms with Crippen molar-refractivity contribution in [2.75, 3.05) is 0 Å². The van der Waals surface area contributed by atoms with Gasteiger partial charge >= 0.3 is 0 Å². The number of fused-ring (bicyclic) bond motifs is 3. The van der Waals surface area contributed by atoms with Crippen molar-refractivity contribution in [3.63, 3.8) is 0 Å². The van der Waals surface area contributed by atoms with Gasteiger partial charge in [-0.3, -0.25) is 14.8 Å². The summed E-state index contributed by atoms with van der Waals surface area (Å²) in [5.41, 5.74) is 1.80. The van der Waals surface area contributed by atoms with E-state index in [4.69, 9.17) is 23.2 Å². The molecule has 16 heavy (non-hydrogen) atoms. The summed E-state index contributed by atoms with van der Waals surface area (Å²) in [4.78, 5) is 20.3. The molecule has 2 aromatic heterocycles. The standard InChI is InChI=1S/C11H4Cl2N2O/c12-5-1-3-14-9-7(5)11(16)8-6(13)2-4-15-10(8)9/h1-4H. The van der Waals surface area contributed by atoms with E-state index >= 15 is 0 Å². The molecule has 2 aromatic rings. The maximum absolute atomic E-state index is 12.1. The van der Waals surface area contributed by atoms with Gasteiger partial charge in [-0.15, -0.1) is 0 Å². The van der Waals surface area contributed by atoms with Crippen molar-refractivity contribution >= 4 is 29.0 Å². The number of hydrogen-bond acceptors (Lipinski definition) is 3. The molecule has 0 N–H and O–H groups in total. The van der Waals surface area contributed by atoms with Crippen molar-refractivity contribution < 1.29 is 4.79 Å². The molecule has 2 heterocycles. The van der Waals surface area contributed by atoms with Crippen LogP contribution in [0.25, 0.3) is 11.4 Å². The Bertz CT molecular complexity index is 572.